The minimum Gasteiger partial charge on any atom is -0.377 e. The van der Waals surface area contributed by atoms with E-state index in [1.165, 1.54) is 0 Å². The molecule has 0 aromatic heterocycles. The lowest BCUT2D eigenvalue weighted by Gasteiger charge is -2.16. The second kappa shape index (κ2) is 7.94. The summed E-state index contributed by atoms with van der Waals surface area (Å²) < 4.78 is 5.40. The molecule has 0 radical (unpaired) electrons. The number of hydrogen-bond donors (Lipinski definition) is 0. The molecule has 0 atom stereocenters. The Morgan fingerprint density at radius 3 is 2.57 bits per heavy atom. The Labute approximate surface area is 87.4 Å². The standard InChI is InChI=1S/C11H23NO2/c1-5-6-11(13)9-12(4)7-8-14-10(2)3/h10H,5-9H2,1-4H3. The Morgan fingerprint density at radius 1 is 1.43 bits per heavy atom. The molecule has 14 heavy (non-hydrogen) atoms. The van der Waals surface area contributed by atoms with Gasteiger partial charge in [0.05, 0.1) is 19.3 Å². The molecule has 0 rings (SSSR count). The largest absolute Gasteiger partial charge is 0.377 e. The lowest BCUT2D eigenvalue weighted by molar-refractivity contribution is -0.120. The molecule has 0 aromatic carbocycles. The third-order valence-corrected chi connectivity index (χ3v) is 1.90. The molecular weight excluding hydrogens is 178 g/mol. The average Bonchev–Trinajstić information content (AvgIpc) is 2.03. The van der Waals surface area contributed by atoms with Crippen molar-refractivity contribution < 1.29 is 9.53 Å². The highest BCUT2D eigenvalue weighted by Crippen LogP contribution is 1.93. The van der Waals surface area contributed by atoms with Gasteiger partial charge >= 0.3 is 0 Å². The van der Waals surface area contributed by atoms with Gasteiger partial charge in [0.1, 0.15) is 5.78 Å². The smallest absolute Gasteiger partial charge is 0.146 e. The first kappa shape index (κ1) is 13.6. The fourth-order valence-corrected chi connectivity index (χ4v) is 1.18. The molecule has 0 bridgehead atoms. The van der Waals surface area contributed by atoms with Gasteiger partial charge in [-0.2, -0.15) is 0 Å². The SMILES string of the molecule is CCCC(=O)CN(C)CCOC(C)C. The third-order valence-electron chi connectivity index (χ3n) is 1.90. The molecule has 0 aromatic rings. The van der Waals surface area contributed by atoms with Crippen molar-refractivity contribution >= 4 is 5.78 Å². The molecule has 3 heteroatoms. The van der Waals surface area contributed by atoms with E-state index in [0.717, 1.165) is 13.0 Å². The molecule has 0 spiro atoms. The van der Waals surface area contributed by atoms with Crippen molar-refractivity contribution in [3.05, 3.63) is 0 Å². The van der Waals surface area contributed by atoms with Gasteiger partial charge in [-0.05, 0) is 27.3 Å². The molecule has 84 valence electrons. The summed E-state index contributed by atoms with van der Waals surface area (Å²) in [5, 5.41) is 0. The van der Waals surface area contributed by atoms with Crippen LogP contribution < -0.4 is 0 Å². The summed E-state index contributed by atoms with van der Waals surface area (Å²) in [5.74, 6) is 0.319. The van der Waals surface area contributed by atoms with E-state index < -0.39 is 0 Å². The second-order valence-corrected chi connectivity index (χ2v) is 3.95. The van der Waals surface area contributed by atoms with Crippen molar-refractivity contribution in [2.24, 2.45) is 0 Å². The Bertz CT molecular complexity index is 157. The van der Waals surface area contributed by atoms with E-state index in [9.17, 15) is 4.79 Å². The number of carbonyl (C=O) groups is 1. The Balaban J connectivity index is 3.44. The Kier molecular flexibility index (Phi) is 7.71. The highest BCUT2D eigenvalue weighted by atomic mass is 16.5. The van der Waals surface area contributed by atoms with Gasteiger partial charge < -0.3 is 4.74 Å². The summed E-state index contributed by atoms with van der Waals surface area (Å²) in [6.07, 6.45) is 1.90. The summed E-state index contributed by atoms with van der Waals surface area (Å²) in [6.45, 7) is 8.14. The van der Waals surface area contributed by atoms with Crippen LogP contribution in [-0.4, -0.2) is 43.5 Å². The van der Waals surface area contributed by atoms with Crippen LogP contribution in [0.5, 0.6) is 0 Å². The molecule has 0 fully saturated rings. The van der Waals surface area contributed by atoms with E-state index in [-0.39, 0.29) is 6.10 Å². The van der Waals surface area contributed by atoms with Crippen LogP contribution in [0.25, 0.3) is 0 Å². The molecule has 0 aliphatic heterocycles. The number of rotatable bonds is 8. The summed E-state index contributed by atoms with van der Waals surface area (Å²) in [4.78, 5) is 13.3. The monoisotopic (exact) mass is 201 g/mol. The first-order valence-corrected chi connectivity index (χ1v) is 5.38. The van der Waals surface area contributed by atoms with Gasteiger partial charge in [0.15, 0.2) is 0 Å². The van der Waals surface area contributed by atoms with Crippen LogP contribution in [0.2, 0.25) is 0 Å². The number of hydrogen-bond acceptors (Lipinski definition) is 3. The third kappa shape index (κ3) is 8.20. The number of ketones is 1. The lowest BCUT2D eigenvalue weighted by atomic mass is 10.2. The number of carbonyl (C=O) groups excluding carboxylic acids is 1. The van der Waals surface area contributed by atoms with Crippen molar-refractivity contribution in [2.75, 3.05) is 26.7 Å². The number of likely N-dealkylation sites (N-methyl/N-ethyl adjacent to an activating group) is 1. The molecule has 0 heterocycles. The molecule has 3 nitrogen and oxygen atoms in total. The molecular formula is C11H23NO2. The molecule has 0 aliphatic carbocycles. The fourth-order valence-electron chi connectivity index (χ4n) is 1.18. The van der Waals surface area contributed by atoms with Crippen LogP contribution in [0.4, 0.5) is 0 Å². The zero-order valence-corrected chi connectivity index (χ0v) is 9.88. The first-order valence-electron chi connectivity index (χ1n) is 5.38. The summed E-state index contributed by atoms with van der Waals surface area (Å²) in [5.41, 5.74) is 0. The highest BCUT2D eigenvalue weighted by Gasteiger charge is 2.05. The molecule has 0 unspecified atom stereocenters. The van der Waals surface area contributed by atoms with E-state index in [1.807, 2.05) is 32.7 Å². The molecule has 0 N–H and O–H groups in total. The maximum Gasteiger partial charge on any atom is 0.146 e. The van der Waals surface area contributed by atoms with Crippen LogP contribution in [0.15, 0.2) is 0 Å². The lowest BCUT2D eigenvalue weighted by Crippen LogP contribution is -2.29. The van der Waals surface area contributed by atoms with Crippen LogP contribution >= 0.6 is 0 Å². The maximum absolute atomic E-state index is 11.3. The quantitative estimate of drug-likeness (QED) is 0.599. The van der Waals surface area contributed by atoms with E-state index in [1.54, 1.807) is 0 Å². The van der Waals surface area contributed by atoms with Gasteiger partial charge in [0.25, 0.3) is 0 Å². The number of nitrogens with zero attached hydrogens (tertiary/aromatic N) is 1. The number of Topliss-reactive ketones (excluding diaryl/α,β-unsaturated/α-hetero) is 1. The van der Waals surface area contributed by atoms with Gasteiger partial charge in [-0.3, -0.25) is 9.69 Å². The minimum atomic E-state index is 0.273. The summed E-state index contributed by atoms with van der Waals surface area (Å²) in [6, 6.07) is 0. The average molecular weight is 201 g/mol. The van der Waals surface area contributed by atoms with Crippen LogP contribution in [0.3, 0.4) is 0 Å². The van der Waals surface area contributed by atoms with Crippen molar-refractivity contribution in [2.45, 2.75) is 39.7 Å². The van der Waals surface area contributed by atoms with Crippen LogP contribution in [0.1, 0.15) is 33.6 Å². The van der Waals surface area contributed by atoms with E-state index in [0.29, 0.717) is 25.4 Å². The van der Waals surface area contributed by atoms with E-state index in [4.69, 9.17) is 4.74 Å². The summed E-state index contributed by atoms with van der Waals surface area (Å²) >= 11 is 0. The van der Waals surface area contributed by atoms with E-state index >= 15 is 0 Å². The molecule has 0 saturated carbocycles. The van der Waals surface area contributed by atoms with Gasteiger partial charge in [-0.15, -0.1) is 0 Å². The van der Waals surface area contributed by atoms with Crippen molar-refractivity contribution in [1.82, 2.24) is 4.90 Å². The minimum absolute atomic E-state index is 0.273. The first-order chi connectivity index (χ1) is 6.56. The van der Waals surface area contributed by atoms with Gasteiger partial charge in [-0.1, -0.05) is 6.92 Å². The molecule has 0 aliphatic rings. The predicted octanol–water partition coefficient (Wildman–Crippen LogP) is 1.71. The zero-order valence-electron chi connectivity index (χ0n) is 9.88. The number of ether oxygens (including phenoxy) is 1. The molecule has 0 amide bonds. The van der Waals surface area contributed by atoms with Gasteiger partial charge in [0.2, 0.25) is 0 Å². The molecule has 0 saturated heterocycles. The van der Waals surface area contributed by atoms with Gasteiger partial charge in [0, 0.05) is 13.0 Å². The Morgan fingerprint density at radius 2 is 2.07 bits per heavy atom. The Hall–Kier alpha value is -0.410. The van der Waals surface area contributed by atoms with Crippen molar-refractivity contribution in [3.8, 4) is 0 Å². The second-order valence-electron chi connectivity index (χ2n) is 3.95. The summed E-state index contributed by atoms with van der Waals surface area (Å²) in [7, 11) is 1.96. The van der Waals surface area contributed by atoms with Crippen molar-refractivity contribution in [3.63, 3.8) is 0 Å². The highest BCUT2D eigenvalue weighted by molar-refractivity contribution is 5.80. The van der Waals surface area contributed by atoms with Gasteiger partial charge in [-0.25, -0.2) is 0 Å². The van der Waals surface area contributed by atoms with Crippen LogP contribution in [0, 0.1) is 0 Å². The van der Waals surface area contributed by atoms with Crippen LogP contribution in [-0.2, 0) is 9.53 Å². The zero-order chi connectivity index (χ0) is 11.0. The van der Waals surface area contributed by atoms with E-state index in [2.05, 4.69) is 0 Å². The predicted molar refractivity (Wildman–Crippen MR) is 58.5 cm³/mol. The fraction of sp³-hybridized carbons (Fsp3) is 0.909. The topological polar surface area (TPSA) is 29.5 Å². The maximum atomic E-state index is 11.3. The van der Waals surface area contributed by atoms with Crippen molar-refractivity contribution in [1.29, 1.82) is 0 Å². The normalized spacial score (nSPS) is 11.3.